The van der Waals surface area contributed by atoms with Gasteiger partial charge in [0.2, 0.25) is 0 Å². The number of hydrogen-bond acceptors (Lipinski definition) is 3. The Hall–Kier alpha value is -1.55. The molecule has 4 rings (SSSR count). The molecule has 1 N–H and O–H groups in total. The minimum Gasteiger partial charge on any atom is -0.444 e. The van der Waals surface area contributed by atoms with Crippen LogP contribution in [-0.2, 0) is 16.6 Å². The van der Waals surface area contributed by atoms with Crippen LogP contribution < -0.4 is 5.32 Å². The minimum atomic E-state index is -0.409. The number of rotatable bonds is 3. The Balaban J connectivity index is 1.23. The normalized spacial score (nSPS) is 28.3. The van der Waals surface area contributed by atoms with Crippen molar-refractivity contribution in [2.45, 2.75) is 69.9 Å². The summed E-state index contributed by atoms with van der Waals surface area (Å²) in [5, 5.41) is 3.85. The van der Waals surface area contributed by atoms with Gasteiger partial charge < -0.3 is 15.0 Å². The molecule has 1 spiro atoms. The number of amides is 1. The molecule has 1 saturated heterocycles. The molecule has 2 atom stereocenters. The summed E-state index contributed by atoms with van der Waals surface area (Å²) in [6.45, 7) is 8.49. The lowest BCUT2D eigenvalue weighted by Crippen LogP contribution is -2.43. The zero-order valence-electron chi connectivity index (χ0n) is 16.4. The number of piperidine rings is 1. The third-order valence-corrected chi connectivity index (χ3v) is 6.39. The highest BCUT2D eigenvalue weighted by atomic mass is 16.6. The van der Waals surface area contributed by atoms with E-state index in [-0.39, 0.29) is 6.09 Å². The van der Waals surface area contributed by atoms with Gasteiger partial charge in [-0.3, -0.25) is 0 Å². The van der Waals surface area contributed by atoms with Crippen LogP contribution in [0, 0.1) is 5.92 Å². The molecule has 142 valence electrons. The third kappa shape index (κ3) is 3.48. The molecule has 0 bridgehead atoms. The molecule has 1 aromatic rings. The molecule has 4 heteroatoms. The van der Waals surface area contributed by atoms with Crippen molar-refractivity contribution in [3.63, 3.8) is 0 Å². The molecular formula is C22H32N2O2. The quantitative estimate of drug-likeness (QED) is 0.894. The van der Waals surface area contributed by atoms with Gasteiger partial charge in [-0.1, -0.05) is 24.3 Å². The van der Waals surface area contributed by atoms with Crippen LogP contribution in [0.5, 0.6) is 0 Å². The standard InChI is InChI=1S/C22H32N2O2/c1-21(2,3)26-20(25)24-12-9-16(10-13-24)15-23-19-14-22(19)11-8-17-6-4-5-7-18(17)22/h4-7,16,19,23H,8-15H2,1-3H3. The molecule has 3 aliphatic rings. The molecule has 2 unspecified atom stereocenters. The second-order valence-corrected chi connectivity index (χ2v) is 9.39. The van der Waals surface area contributed by atoms with E-state index in [1.165, 1.54) is 19.3 Å². The summed E-state index contributed by atoms with van der Waals surface area (Å²) in [5.41, 5.74) is 3.17. The van der Waals surface area contributed by atoms with Crippen molar-refractivity contribution < 1.29 is 9.53 Å². The number of carbonyl (C=O) groups is 1. The Morgan fingerprint density at radius 2 is 2.00 bits per heavy atom. The summed E-state index contributed by atoms with van der Waals surface area (Å²) >= 11 is 0. The second kappa shape index (κ2) is 6.56. The van der Waals surface area contributed by atoms with Gasteiger partial charge in [0.15, 0.2) is 0 Å². The van der Waals surface area contributed by atoms with Crippen LogP contribution in [0.1, 0.15) is 57.6 Å². The maximum Gasteiger partial charge on any atom is 0.410 e. The van der Waals surface area contributed by atoms with Crippen LogP contribution in [0.2, 0.25) is 0 Å². The van der Waals surface area contributed by atoms with Gasteiger partial charge in [0.05, 0.1) is 0 Å². The molecule has 1 aliphatic heterocycles. The summed E-state index contributed by atoms with van der Waals surface area (Å²) in [4.78, 5) is 14.0. The van der Waals surface area contributed by atoms with Crippen LogP contribution in [0.3, 0.4) is 0 Å². The smallest absolute Gasteiger partial charge is 0.410 e. The van der Waals surface area contributed by atoms with Crippen molar-refractivity contribution in [3.8, 4) is 0 Å². The highest BCUT2D eigenvalue weighted by molar-refractivity contribution is 5.68. The predicted octanol–water partition coefficient (Wildman–Crippen LogP) is 3.88. The molecule has 1 aromatic carbocycles. The van der Waals surface area contributed by atoms with E-state index < -0.39 is 5.60 Å². The van der Waals surface area contributed by atoms with Crippen LogP contribution >= 0.6 is 0 Å². The zero-order valence-corrected chi connectivity index (χ0v) is 16.4. The molecule has 2 aliphatic carbocycles. The lowest BCUT2D eigenvalue weighted by molar-refractivity contribution is 0.0184. The molecular weight excluding hydrogens is 324 g/mol. The van der Waals surface area contributed by atoms with Crippen molar-refractivity contribution in [3.05, 3.63) is 35.4 Å². The minimum absolute atomic E-state index is 0.160. The lowest BCUT2D eigenvalue weighted by atomic mass is 9.95. The summed E-state index contributed by atoms with van der Waals surface area (Å²) < 4.78 is 5.49. The first-order valence-corrected chi connectivity index (χ1v) is 10.2. The highest BCUT2D eigenvalue weighted by Gasteiger charge is 2.57. The fourth-order valence-corrected chi connectivity index (χ4v) is 4.82. The van der Waals surface area contributed by atoms with Crippen LogP contribution in [-0.4, -0.2) is 42.3 Å². The fraction of sp³-hybridized carbons (Fsp3) is 0.682. The van der Waals surface area contributed by atoms with Gasteiger partial charge in [0.25, 0.3) is 0 Å². The molecule has 2 fully saturated rings. The van der Waals surface area contributed by atoms with Gasteiger partial charge in [0, 0.05) is 24.5 Å². The van der Waals surface area contributed by atoms with E-state index in [0.29, 0.717) is 17.4 Å². The molecule has 0 aromatic heterocycles. The van der Waals surface area contributed by atoms with E-state index in [4.69, 9.17) is 4.74 Å². The summed E-state index contributed by atoms with van der Waals surface area (Å²) in [5.74, 6) is 0.669. The van der Waals surface area contributed by atoms with E-state index in [1.54, 1.807) is 11.1 Å². The van der Waals surface area contributed by atoms with Crippen molar-refractivity contribution >= 4 is 6.09 Å². The molecule has 4 nitrogen and oxygen atoms in total. The van der Waals surface area contributed by atoms with E-state index in [2.05, 4.69) is 29.6 Å². The zero-order chi connectivity index (χ0) is 18.4. The van der Waals surface area contributed by atoms with E-state index in [1.807, 2.05) is 25.7 Å². The second-order valence-electron chi connectivity index (χ2n) is 9.39. The maximum atomic E-state index is 12.2. The van der Waals surface area contributed by atoms with Gasteiger partial charge in [-0.25, -0.2) is 4.79 Å². The number of benzene rings is 1. The van der Waals surface area contributed by atoms with E-state index in [0.717, 1.165) is 32.5 Å². The summed E-state index contributed by atoms with van der Waals surface area (Å²) in [7, 11) is 0. The van der Waals surface area contributed by atoms with Crippen LogP contribution in [0.25, 0.3) is 0 Å². The average Bonchev–Trinajstić information content (AvgIpc) is 3.19. The van der Waals surface area contributed by atoms with E-state index in [9.17, 15) is 4.79 Å². The summed E-state index contributed by atoms with van der Waals surface area (Å²) in [6, 6.07) is 9.64. The molecule has 26 heavy (non-hydrogen) atoms. The molecule has 0 radical (unpaired) electrons. The first kappa shape index (κ1) is 17.8. The number of fused-ring (bicyclic) bond motifs is 2. The SMILES string of the molecule is CC(C)(C)OC(=O)N1CCC(CNC2CC23CCc2ccccc23)CC1. The largest absolute Gasteiger partial charge is 0.444 e. The Morgan fingerprint density at radius 1 is 1.27 bits per heavy atom. The lowest BCUT2D eigenvalue weighted by Gasteiger charge is -2.33. The topological polar surface area (TPSA) is 41.6 Å². The van der Waals surface area contributed by atoms with Crippen molar-refractivity contribution in [1.82, 2.24) is 10.2 Å². The Bertz CT molecular complexity index is 673. The number of carbonyl (C=O) groups excluding carboxylic acids is 1. The predicted molar refractivity (Wildman–Crippen MR) is 103 cm³/mol. The fourth-order valence-electron chi connectivity index (χ4n) is 4.82. The van der Waals surface area contributed by atoms with E-state index >= 15 is 0 Å². The number of nitrogens with one attached hydrogen (secondary N) is 1. The highest BCUT2D eigenvalue weighted by Crippen LogP contribution is 2.56. The molecule has 1 heterocycles. The van der Waals surface area contributed by atoms with Crippen LogP contribution in [0.15, 0.2) is 24.3 Å². The monoisotopic (exact) mass is 356 g/mol. The molecule has 1 saturated carbocycles. The Morgan fingerprint density at radius 3 is 2.73 bits per heavy atom. The Labute approximate surface area is 157 Å². The van der Waals surface area contributed by atoms with Gasteiger partial charge >= 0.3 is 6.09 Å². The Kier molecular flexibility index (Phi) is 4.50. The van der Waals surface area contributed by atoms with Gasteiger partial charge in [-0.2, -0.15) is 0 Å². The summed E-state index contributed by atoms with van der Waals surface area (Å²) in [6.07, 6.45) is 5.82. The first-order valence-electron chi connectivity index (χ1n) is 10.2. The van der Waals surface area contributed by atoms with Crippen molar-refractivity contribution in [2.75, 3.05) is 19.6 Å². The van der Waals surface area contributed by atoms with Gasteiger partial charge in [-0.15, -0.1) is 0 Å². The maximum absolute atomic E-state index is 12.2. The molecule has 1 amide bonds. The number of likely N-dealkylation sites (tertiary alicyclic amines) is 1. The van der Waals surface area contributed by atoms with Crippen LogP contribution in [0.4, 0.5) is 4.79 Å². The van der Waals surface area contributed by atoms with Gasteiger partial charge in [-0.05, 0) is 76.5 Å². The number of aryl methyl sites for hydroxylation is 1. The number of nitrogens with zero attached hydrogens (tertiary/aromatic N) is 1. The number of hydrogen-bond donors (Lipinski definition) is 1. The van der Waals surface area contributed by atoms with Crippen molar-refractivity contribution in [1.29, 1.82) is 0 Å². The first-order chi connectivity index (χ1) is 12.4. The number of ether oxygens (including phenoxy) is 1. The van der Waals surface area contributed by atoms with Crippen molar-refractivity contribution in [2.24, 2.45) is 5.92 Å². The average molecular weight is 357 g/mol. The van der Waals surface area contributed by atoms with Gasteiger partial charge in [0.1, 0.15) is 5.60 Å². The third-order valence-electron chi connectivity index (χ3n) is 6.39.